The van der Waals surface area contributed by atoms with E-state index in [1.807, 2.05) is 0 Å². The van der Waals surface area contributed by atoms with E-state index < -0.39 is 33.1 Å². The molecule has 98 valence electrons. The predicted molar refractivity (Wildman–Crippen MR) is 63.3 cm³/mol. The first kappa shape index (κ1) is 12.6. The van der Waals surface area contributed by atoms with E-state index in [-0.39, 0.29) is 17.1 Å². The number of aromatic amines is 1. The van der Waals surface area contributed by atoms with E-state index in [4.69, 9.17) is 0 Å². The monoisotopic (exact) mass is 272 g/mol. The maximum Gasteiger partial charge on any atom is 0.256 e. The molecule has 1 aromatic rings. The maximum absolute atomic E-state index is 11.8. The standard InChI is InChI=1S/C10H12N2O5S/c13-8-3-9(14)11-4-7(8)10(15)12-6-1-2-18(16,17)5-6/h3-4,6H,1-2,5H2,(H,12,15)(H2,11,13,14). The highest BCUT2D eigenvalue weighted by Gasteiger charge is 2.29. The molecular weight excluding hydrogens is 260 g/mol. The molecule has 0 saturated carbocycles. The molecule has 1 atom stereocenters. The van der Waals surface area contributed by atoms with Crippen molar-refractivity contribution in [3.05, 3.63) is 28.2 Å². The van der Waals surface area contributed by atoms with Crippen LogP contribution in [0.3, 0.4) is 0 Å². The average Bonchev–Trinajstić information content (AvgIpc) is 2.57. The highest BCUT2D eigenvalue weighted by molar-refractivity contribution is 7.91. The number of sulfone groups is 1. The molecule has 2 heterocycles. The molecule has 1 amide bonds. The van der Waals surface area contributed by atoms with Crippen LogP contribution in [0.2, 0.25) is 0 Å². The van der Waals surface area contributed by atoms with Crippen LogP contribution >= 0.6 is 0 Å². The molecule has 0 spiro atoms. The van der Waals surface area contributed by atoms with E-state index in [9.17, 15) is 23.1 Å². The van der Waals surface area contributed by atoms with Gasteiger partial charge in [-0.1, -0.05) is 0 Å². The molecular formula is C10H12N2O5S. The predicted octanol–water partition coefficient (Wildman–Crippen LogP) is -1.00. The highest BCUT2D eigenvalue weighted by Crippen LogP contribution is 2.15. The minimum atomic E-state index is -3.08. The molecule has 0 bridgehead atoms. The Morgan fingerprint density at radius 2 is 2.22 bits per heavy atom. The van der Waals surface area contributed by atoms with Crippen LogP contribution < -0.4 is 10.9 Å². The van der Waals surface area contributed by atoms with Crippen molar-refractivity contribution in [2.24, 2.45) is 0 Å². The number of H-pyrrole nitrogens is 1. The number of hydrogen-bond acceptors (Lipinski definition) is 5. The third kappa shape index (κ3) is 2.70. The van der Waals surface area contributed by atoms with Crippen LogP contribution in [0.5, 0.6) is 5.75 Å². The molecule has 1 saturated heterocycles. The molecule has 0 radical (unpaired) electrons. The van der Waals surface area contributed by atoms with Crippen LogP contribution in [0.15, 0.2) is 17.1 Å². The molecule has 1 unspecified atom stereocenters. The molecule has 2 rings (SSSR count). The first-order chi connectivity index (χ1) is 8.37. The Hall–Kier alpha value is -1.83. The Kier molecular flexibility index (Phi) is 3.12. The Morgan fingerprint density at radius 3 is 2.78 bits per heavy atom. The van der Waals surface area contributed by atoms with Gasteiger partial charge < -0.3 is 15.4 Å². The van der Waals surface area contributed by atoms with Crippen molar-refractivity contribution in [3.63, 3.8) is 0 Å². The summed E-state index contributed by atoms with van der Waals surface area (Å²) in [4.78, 5) is 24.9. The Labute approximate surface area is 103 Å². The normalized spacial score (nSPS) is 21.7. The van der Waals surface area contributed by atoms with Gasteiger partial charge in [0.25, 0.3) is 11.5 Å². The van der Waals surface area contributed by atoms with Crippen molar-refractivity contribution in [2.45, 2.75) is 12.5 Å². The Balaban J connectivity index is 2.11. The zero-order chi connectivity index (χ0) is 13.3. The summed E-state index contributed by atoms with van der Waals surface area (Å²) < 4.78 is 22.4. The molecule has 8 heteroatoms. The molecule has 7 nitrogen and oxygen atoms in total. The van der Waals surface area contributed by atoms with Crippen LogP contribution in [0.25, 0.3) is 0 Å². The van der Waals surface area contributed by atoms with Crippen molar-refractivity contribution in [3.8, 4) is 5.75 Å². The van der Waals surface area contributed by atoms with Crippen molar-refractivity contribution >= 4 is 15.7 Å². The molecule has 18 heavy (non-hydrogen) atoms. The molecule has 1 aromatic heterocycles. The quantitative estimate of drug-likeness (QED) is 0.638. The molecule has 1 fully saturated rings. The lowest BCUT2D eigenvalue weighted by Gasteiger charge is -2.11. The lowest BCUT2D eigenvalue weighted by Crippen LogP contribution is -2.35. The second kappa shape index (κ2) is 4.45. The molecule has 1 aliphatic rings. The van der Waals surface area contributed by atoms with Crippen molar-refractivity contribution in [1.29, 1.82) is 0 Å². The van der Waals surface area contributed by atoms with Gasteiger partial charge in [-0.2, -0.15) is 0 Å². The Bertz CT molecular complexity index is 634. The number of carbonyl (C=O) groups excluding carboxylic acids is 1. The van der Waals surface area contributed by atoms with Gasteiger partial charge in [-0.15, -0.1) is 0 Å². The SMILES string of the molecule is O=C(NC1CCS(=O)(=O)C1)c1c[nH]c(=O)cc1O. The fourth-order valence-corrected chi connectivity index (χ4v) is 3.49. The molecule has 3 N–H and O–H groups in total. The van der Waals surface area contributed by atoms with E-state index in [1.165, 1.54) is 0 Å². The summed E-state index contributed by atoms with van der Waals surface area (Å²) in [5, 5.41) is 12.0. The van der Waals surface area contributed by atoms with Crippen LogP contribution in [0.1, 0.15) is 16.8 Å². The second-order valence-electron chi connectivity index (χ2n) is 4.17. The van der Waals surface area contributed by atoms with Gasteiger partial charge in [-0.05, 0) is 6.42 Å². The number of nitrogens with one attached hydrogen (secondary N) is 2. The van der Waals surface area contributed by atoms with Crippen LogP contribution in [0, 0.1) is 0 Å². The largest absolute Gasteiger partial charge is 0.507 e. The summed E-state index contributed by atoms with van der Waals surface area (Å²) in [7, 11) is -3.08. The summed E-state index contributed by atoms with van der Waals surface area (Å²) in [5.74, 6) is -1.08. The Morgan fingerprint density at radius 1 is 1.50 bits per heavy atom. The van der Waals surface area contributed by atoms with Gasteiger partial charge >= 0.3 is 0 Å². The van der Waals surface area contributed by atoms with E-state index >= 15 is 0 Å². The van der Waals surface area contributed by atoms with Crippen LogP contribution in [-0.2, 0) is 9.84 Å². The van der Waals surface area contributed by atoms with Crippen LogP contribution in [0.4, 0.5) is 0 Å². The lowest BCUT2D eigenvalue weighted by atomic mass is 10.2. The minimum absolute atomic E-state index is 0.0511. The fourth-order valence-electron chi connectivity index (χ4n) is 1.81. The zero-order valence-corrected chi connectivity index (χ0v) is 10.2. The van der Waals surface area contributed by atoms with Gasteiger partial charge in [0.2, 0.25) is 0 Å². The number of amides is 1. The smallest absolute Gasteiger partial charge is 0.256 e. The number of aromatic hydroxyl groups is 1. The number of rotatable bonds is 2. The third-order valence-corrected chi connectivity index (χ3v) is 4.48. The number of carbonyl (C=O) groups is 1. The van der Waals surface area contributed by atoms with E-state index in [1.54, 1.807) is 0 Å². The van der Waals surface area contributed by atoms with Gasteiger partial charge in [0.15, 0.2) is 9.84 Å². The summed E-state index contributed by atoms with van der Waals surface area (Å²) in [6.45, 7) is 0. The van der Waals surface area contributed by atoms with Gasteiger partial charge in [0.05, 0.1) is 17.1 Å². The van der Waals surface area contributed by atoms with Crippen molar-refractivity contribution in [1.82, 2.24) is 10.3 Å². The second-order valence-corrected chi connectivity index (χ2v) is 6.40. The average molecular weight is 272 g/mol. The number of hydrogen-bond donors (Lipinski definition) is 3. The third-order valence-electron chi connectivity index (χ3n) is 2.71. The number of pyridine rings is 1. The molecule has 1 aliphatic heterocycles. The van der Waals surface area contributed by atoms with Crippen molar-refractivity contribution in [2.75, 3.05) is 11.5 Å². The zero-order valence-electron chi connectivity index (χ0n) is 9.34. The summed E-state index contributed by atoms with van der Waals surface area (Å²) in [5.41, 5.74) is -0.605. The topological polar surface area (TPSA) is 116 Å². The van der Waals surface area contributed by atoms with Gasteiger partial charge in [-0.3, -0.25) is 9.59 Å². The maximum atomic E-state index is 11.8. The highest BCUT2D eigenvalue weighted by atomic mass is 32.2. The van der Waals surface area contributed by atoms with Crippen LogP contribution in [-0.4, -0.2) is 42.0 Å². The fraction of sp³-hybridized carbons (Fsp3) is 0.400. The number of aromatic nitrogens is 1. The summed E-state index contributed by atoms with van der Waals surface area (Å²) >= 11 is 0. The first-order valence-electron chi connectivity index (χ1n) is 5.30. The van der Waals surface area contributed by atoms with Gasteiger partial charge in [0, 0.05) is 18.3 Å². The van der Waals surface area contributed by atoms with E-state index in [0.717, 1.165) is 12.3 Å². The summed E-state index contributed by atoms with van der Waals surface area (Å²) in [6, 6.07) is 0.439. The first-order valence-corrected chi connectivity index (χ1v) is 7.12. The van der Waals surface area contributed by atoms with E-state index in [2.05, 4.69) is 10.3 Å². The minimum Gasteiger partial charge on any atom is -0.507 e. The van der Waals surface area contributed by atoms with E-state index in [0.29, 0.717) is 6.42 Å². The summed E-state index contributed by atoms with van der Waals surface area (Å²) in [6.07, 6.45) is 1.45. The molecule has 0 aliphatic carbocycles. The van der Waals surface area contributed by atoms with Crippen molar-refractivity contribution < 1.29 is 18.3 Å². The molecule has 0 aromatic carbocycles. The van der Waals surface area contributed by atoms with Gasteiger partial charge in [0.1, 0.15) is 5.75 Å². The lowest BCUT2D eigenvalue weighted by molar-refractivity contribution is 0.0938. The van der Waals surface area contributed by atoms with Gasteiger partial charge in [-0.25, -0.2) is 8.42 Å².